The molecule has 0 aromatic rings. The molecule has 0 fully saturated rings. The van der Waals surface area contributed by atoms with Gasteiger partial charge >= 0.3 is 0 Å². The number of ketones is 1. The molecule has 0 aliphatic rings. The topological polar surface area (TPSA) is 89.3 Å². The Balaban J connectivity index is 3.63. The lowest BCUT2D eigenvalue weighted by Gasteiger charge is -2.14. The maximum absolute atomic E-state index is 11.7. The number of carbonyl (C=O) groups excluding carboxylic acids is 3. The summed E-state index contributed by atoms with van der Waals surface area (Å²) in [6.07, 6.45) is 11.0. The molecule has 5 heteroatoms. The Kier molecular flexibility index (Phi) is 12.4. The zero-order valence-corrected chi connectivity index (χ0v) is 14.2. The summed E-state index contributed by atoms with van der Waals surface area (Å²) in [5.41, 5.74) is 5.06. The first-order valence-electron chi connectivity index (χ1n) is 8.55. The zero-order chi connectivity index (χ0) is 16.8. The van der Waals surface area contributed by atoms with Crippen molar-refractivity contribution in [3.05, 3.63) is 0 Å². The van der Waals surface area contributed by atoms with E-state index in [4.69, 9.17) is 5.73 Å². The maximum atomic E-state index is 11.7. The van der Waals surface area contributed by atoms with E-state index in [0.29, 0.717) is 6.42 Å². The van der Waals surface area contributed by atoms with E-state index in [2.05, 4.69) is 12.2 Å². The Morgan fingerprint density at radius 3 is 1.86 bits per heavy atom. The molecular weight excluding hydrogens is 280 g/mol. The molecule has 0 aliphatic heterocycles. The monoisotopic (exact) mass is 312 g/mol. The molecule has 0 aromatic heterocycles. The van der Waals surface area contributed by atoms with Crippen LogP contribution in [0.1, 0.15) is 84.5 Å². The zero-order valence-electron chi connectivity index (χ0n) is 14.2. The highest BCUT2D eigenvalue weighted by Crippen LogP contribution is 2.10. The number of Topliss-reactive ketones (excluding diaryl/α,β-unsaturated/α-hetero) is 1. The lowest BCUT2D eigenvalue weighted by molar-refractivity contribution is -0.129. The minimum Gasteiger partial charge on any atom is -0.370 e. The van der Waals surface area contributed by atoms with Gasteiger partial charge in [0.2, 0.25) is 11.8 Å². The van der Waals surface area contributed by atoms with Crippen LogP contribution < -0.4 is 11.1 Å². The van der Waals surface area contributed by atoms with Crippen LogP contribution in [0.15, 0.2) is 0 Å². The molecule has 2 amide bonds. The van der Waals surface area contributed by atoms with Gasteiger partial charge in [-0.1, -0.05) is 58.3 Å². The van der Waals surface area contributed by atoms with Crippen LogP contribution in [0.4, 0.5) is 0 Å². The molecule has 3 N–H and O–H groups in total. The molecule has 0 spiro atoms. The van der Waals surface area contributed by atoms with Gasteiger partial charge in [-0.3, -0.25) is 14.4 Å². The van der Waals surface area contributed by atoms with Crippen LogP contribution in [0, 0.1) is 0 Å². The quantitative estimate of drug-likeness (QED) is 0.483. The van der Waals surface area contributed by atoms with Gasteiger partial charge in [0.05, 0.1) is 12.5 Å². The summed E-state index contributed by atoms with van der Waals surface area (Å²) in [6.45, 7) is 3.57. The van der Waals surface area contributed by atoms with E-state index in [-0.39, 0.29) is 18.1 Å². The summed E-state index contributed by atoms with van der Waals surface area (Å²) in [4.78, 5) is 33.9. The van der Waals surface area contributed by atoms with Crippen molar-refractivity contribution >= 4 is 17.6 Å². The fourth-order valence-corrected chi connectivity index (χ4v) is 2.36. The Bertz CT molecular complexity index is 343. The van der Waals surface area contributed by atoms with E-state index >= 15 is 0 Å². The van der Waals surface area contributed by atoms with Crippen LogP contribution >= 0.6 is 0 Å². The van der Waals surface area contributed by atoms with Gasteiger partial charge in [0.25, 0.3) is 0 Å². The minimum atomic E-state index is -0.774. The number of hydrogen-bond acceptors (Lipinski definition) is 3. The minimum absolute atomic E-state index is 0.126. The van der Waals surface area contributed by atoms with E-state index in [0.717, 1.165) is 19.3 Å². The van der Waals surface area contributed by atoms with Crippen molar-refractivity contribution in [2.75, 3.05) is 0 Å². The number of unbranched alkanes of at least 4 members (excludes halogenated alkanes) is 8. The molecule has 0 bridgehead atoms. The van der Waals surface area contributed by atoms with Crippen LogP contribution in [0.3, 0.4) is 0 Å². The van der Waals surface area contributed by atoms with Crippen LogP contribution in [-0.4, -0.2) is 23.6 Å². The first-order chi connectivity index (χ1) is 10.5. The molecule has 0 aliphatic carbocycles. The molecule has 0 aromatic carbocycles. The average molecular weight is 312 g/mol. The summed E-state index contributed by atoms with van der Waals surface area (Å²) >= 11 is 0. The van der Waals surface area contributed by atoms with Crippen molar-refractivity contribution in [3.63, 3.8) is 0 Å². The Labute approximate surface area is 134 Å². The molecule has 128 valence electrons. The molecule has 0 heterocycles. The van der Waals surface area contributed by atoms with Crippen molar-refractivity contribution < 1.29 is 14.4 Å². The van der Waals surface area contributed by atoms with E-state index in [1.54, 1.807) is 0 Å². The van der Waals surface area contributed by atoms with E-state index in [1.165, 1.54) is 45.4 Å². The Morgan fingerprint density at radius 1 is 0.909 bits per heavy atom. The SMILES string of the molecule is CCCCCCCCCCCC(=O)N[C@@H](CC(N)=O)C(C)=O. The van der Waals surface area contributed by atoms with Crippen molar-refractivity contribution in [1.29, 1.82) is 0 Å². The molecule has 0 saturated heterocycles. The van der Waals surface area contributed by atoms with Crippen LogP contribution in [0.2, 0.25) is 0 Å². The number of nitrogens with two attached hydrogens (primary N) is 1. The van der Waals surface area contributed by atoms with Crippen LogP contribution in [0.25, 0.3) is 0 Å². The predicted molar refractivity (Wildman–Crippen MR) is 88.3 cm³/mol. The second kappa shape index (κ2) is 13.3. The van der Waals surface area contributed by atoms with Crippen molar-refractivity contribution in [1.82, 2.24) is 5.32 Å². The highest BCUT2D eigenvalue weighted by atomic mass is 16.2. The smallest absolute Gasteiger partial charge is 0.220 e. The predicted octanol–water partition coefficient (Wildman–Crippen LogP) is 2.86. The standard InChI is InChI=1S/C17H32N2O3/c1-3-4-5-6-7-8-9-10-11-12-17(22)19-15(14(2)20)13-16(18)21/h15H,3-13H2,1-2H3,(H2,18,21)(H,19,22)/t15-/m0/s1. The van der Waals surface area contributed by atoms with E-state index in [1.807, 2.05) is 0 Å². The van der Waals surface area contributed by atoms with Gasteiger partial charge in [-0.25, -0.2) is 0 Å². The lowest BCUT2D eigenvalue weighted by Crippen LogP contribution is -2.42. The second-order valence-corrected chi connectivity index (χ2v) is 5.98. The number of nitrogens with one attached hydrogen (secondary N) is 1. The van der Waals surface area contributed by atoms with Gasteiger partial charge in [0.15, 0.2) is 5.78 Å². The van der Waals surface area contributed by atoms with E-state index < -0.39 is 11.9 Å². The maximum Gasteiger partial charge on any atom is 0.220 e. The summed E-state index contributed by atoms with van der Waals surface area (Å²) in [6, 6.07) is -0.774. The average Bonchev–Trinajstić information content (AvgIpc) is 2.44. The third kappa shape index (κ3) is 12.4. The second-order valence-electron chi connectivity index (χ2n) is 5.98. The molecule has 1 atom stereocenters. The molecular formula is C17H32N2O3. The molecule has 0 rings (SSSR count). The summed E-state index contributed by atoms with van der Waals surface area (Å²) in [7, 11) is 0. The summed E-state index contributed by atoms with van der Waals surface area (Å²) in [5.74, 6) is -0.993. The third-order valence-corrected chi connectivity index (χ3v) is 3.74. The van der Waals surface area contributed by atoms with Crippen molar-refractivity contribution in [2.24, 2.45) is 5.73 Å². The fraction of sp³-hybridized carbons (Fsp3) is 0.824. The largest absolute Gasteiger partial charge is 0.370 e. The summed E-state index contributed by atoms with van der Waals surface area (Å²) in [5, 5.41) is 2.58. The number of hydrogen-bond donors (Lipinski definition) is 2. The van der Waals surface area contributed by atoms with Gasteiger partial charge < -0.3 is 11.1 Å². The molecule has 5 nitrogen and oxygen atoms in total. The van der Waals surface area contributed by atoms with E-state index in [9.17, 15) is 14.4 Å². The Hall–Kier alpha value is -1.39. The highest BCUT2D eigenvalue weighted by Gasteiger charge is 2.18. The van der Waals surface area contributed by atoms with Crippen LogP contribution in [0.5, 0.6) is 0 Å². The Morgan fingerprint density at radius 2 is 1.41 bits per heavy atom. The van der Waals surface area contributed by atoms with Gasteiger partial charge in [0.1, 0.15) is 0 Å². The third-order valence-electron chi connectivity index (χ3n) is 3.74. The molecule has 0 unspecified atom stereocenters. The highest BCUT2D eigenvalue weighted by molar-refractivity contribution is 5.91. The van der Waals surface area contributed by atoms with Crippen molar-refractivity contribution in [2.45, 2.75) is 90.5 Å². The van der Waals surface area contributed by atoms with Gasteiger partial charge in [-0.05, 0) is 13.3 Å². The first kappa shape index (κ1) is 20.6. The summed E-state index contributed by atoms with van der Waals surface area (Å²) < 4.78 is 0. The normalized spacial score (nSPS) is 11.9. The molecule has 22 heavy (non-hydrogen) atoms. The van der Waals surface area contributed by atoms with Crippen molar-refractivity contribution in [3.8, 4) is 0 Å². The molecule has 0 radical (unpaired) electrons. The number of primary amides is 1. The van der Waals surface area contributed by atoms with Gasteiger partial charge in [-0.15, -0.1) is 0 Å². The number of rotatable bonds is 14. The van der Waals surface area contributed by atoms with Gasteiger partial charge in [0, 0.05) is 6.42 Å². The number of amides is 2. The fourth-order valence-electron chi connectivity index (χ4n) is 2.36. The van der Waals surface area contributed by atoms with Gasteiger partial charge in [-0.2, -0.15) is 0 Å². The lowest BCUT2D eigenvalue weighted by atomic mass is 10.1. The molecule has 0 saturated carbocycles. The van der Waals surface area contributed by atoms with Crippen LogP contribution in [-0.2, 0) is 14.4 Å². The number of carbonyl (C=O) groups is 3. The first-order valence-corrected chi connectivity index (χ1v) is 8.55.